The van der Waals surface area contributed by atoms with Crippen LogP contribution in [0.5, 0.6) is 0 Å². The van der Waals surface area contributed by atoms with Gasteiger partial charge >= 0.3 is 0 Å². The molecule has 1 aliphatic carbocycles. The number of rotatable bonds is 8. The molecule has 2 aliphatic rings. The average molecular weight is 584 g/mol. The van der Waals surface area contributed by atoms with E-state index < -0.39 is 23.8 Å². The lowest BCUT2D eigenvalue weighted by atomic mass is 9.95. The minimum absolute atomic E-state index is 0.110. The maximum Gasteiger partial charge on any atom is 0.192 e. The first-order valence-corrected chi connectivity index (χ1v) is 19.3. The Labute approximate surface area is 244 Å². The average Bonchev–Trinajstić information content (AvgIpc) is 3.07. The van der Waals surface area contributed by atoms with E-state index in [2.05, 4.69) is 72.8 Å². The van der Waals surface area contributed by atoms with Crippen LogP contribution in [-0.2, 0) is 36.8 Å². The fourth-order valence-corrected chi connectivity index (χ4v) is 8.26. The van der Waals surface area contributed by atoms with Crippen LogP contribution in [0.3, 0.4) is 0 Å². The molecule has 0 N–H and O–H groups in total. The van der Waals surface area contributed by atoms with Gasteiger partial charge in [-0.25, -0.2) is 8.57 Å². The summed E-state index contributed by atoms with van der Waals surface area (Å²) in [6, 6.07) is 16.2. The summed E-state index contributed by atoms with van der Waals surface area (Å²) in [6.45, 7) is 19.2. The Morgan fingerprint density at radius 3 is 2.12 bits per heavy atom. The summed E-state index contributed by atoms with van der Waals surface area (Å²) in [5.74, 6) is 0.0199. The molecular formula is C33H49NO4SSi. The lowest BCUT2D eigenvalue weighted by molar-refractivity contribution is -0.247. The van der Waals surface area contributed by atoms with Crippen molar-refractivity contribution in [2.45, 2.75) is 109 Å². The molecule has 0 aromatic heterocycles. The van der Waals surface area contributed by atoms with Crippen molar-refractivity contribution in [3.8, 4) is 0 Å². The molecular weight excluding hydrogens is 535 g/mol. The first-order valence-electron chi connectivity index (χ1n) is 14.7. The summed E-state index contributed by atoms with van der Waals surface area (Å²) in [7, 11) is -4.67. The molecule has 220 valence electrons. The molecule has 0 saturated heterocycles. The Kier molecular flexibility index (Phi) is 9.52. The molecule has 0 radical (unpaired) electrons. The van der Waals surface area contributed by atoms with Gasteiger partial charge in [0.15, 0.2) is 14.1 Å². The number of hydrogen-bond donors (Lipinski definition) is 0. The summed E-state index contributed by atoms with van der Waals surface area (Å²) in [5, 5.41) is 0.110. The summed E-state index contributed by atoms with van der Waals surface area (Å²) in [6.07, 6.45) is 4.38. The van der Waals surface area contributed by atoms with E-state index in [1.807, 2.05) is 36.4 Å². The second kappa shape index (κ2) is 12.2. The Morgan fingerprint density at radius 2 is 1.62 bits per heavy atom. The van der Waals surface area contributed by atoms with Crippen molar-refractivity contribution >= 4 is 18.0 Å². The van der Waals surface area contributed by atoms with Crippen molar-refractivity contribution in [3.63, 3.8) is 0 Å². The van der Waals surface area contributed by atoms with Crippen LogP contribution in [0.1, 0.15) is 70.6 Å². The van der Waals surface area contributed by atoms with Crippen molar-refractivity contribution in [2.75, 3.05) is 12.4 Å². The van der Waals surface area contributed by atoms with E-state index >= 15 is 0 Å². The Balaban J connectivity index is 1.58. The highest BCUT2D eigenvalue weighted by molar-refractivity contribution is 7.93. The molecule has 1 spiro atoms. The zero-order valence-electron chi connectivity index (χ0n) is 25.8. The number of hydrogen-bond acceptors (Lipinski definition) is 5. The second-order valence-electron chi connectivity index (χ2n) is 13.4. The lowest BCUT2D eigenvalue weighted by Gasteiger charge is -2.37. The van der Waals surface area contributed by atoms with Crippen LogP contribution < -0.4 is 0 Å². The van der Waals surface area contributed by atoms with Gasteiger partial charge in [0.25, 0.3) is 0 Å². The van der Waals surface area contributed by atoms with E-state index in [0.29, 0.717) is 32.0 Å². The van der Waals surface area contributed by atoms with Gasteiger partial charge < -0.3 is 13.9 Å². The molecule has 2 aromatic rings. The summed E-state index contributed by atoms with van der Waals surface area (Å²) in [4.78, 5) is 0.801. The molecule has 5 nitrogen and oxygen atoms in total. The quantitative estimate of drug-likeness (QED) is 0.231. The van der Waals surface area contributed by atoms with Gasteiger partial charge in [-0.05, 0) is 60.7 Å². The first-order chi connectivity index (χ1) is 18.7. The van der Waals surface area contributed by atoms with Gasteiger partial charge in [0.1, 0.15) is 0 Å². The lowest BCUT2D eigenvalue weighted by Crippen LogP contribution is -2.43. The number of benzene rings is 2. The van der Waals surface area contributed by atoms with Crippen molar-refractivity contribution < 1.29 is 18.1 Å². The fraction of sp³-hybridized carbons (Fsp3) is 0.576. The van der Waals surface area contributed by atoms with E-state index in [-0.39, 0.29) is 17.0 Å². The number of aryl methyl sites for hydroxylation is 1. The topological polar surface area (TPSA) is 57.1 Å². The van der Waals surface area contributed by atoms with Crippen LogP contribution in [0.2, 0.25) is 18.1 Å². The minimum Gasteiger partial charge on any atom is -0.415 e. The fourth-order valence-electron chi connectivity index (χ4n) is 4.80. The Morgan fingerprint density at radius 1 is 1.02 bits per heavy atom. The maximum atomic E-state index is 14.9. The van der Waals surface area contributed by atoms with Crippen LogP contribution in [0.15, 0.2) is 69.4 Å². The van der Waals surface area contributed by atoms with Gasteiger partial charge in [-0.3, -0.25) is 0 Å². The standard InChI is InChI=1S/C33H49NO4SSi/c1-25(2)31(23-38-40(7,8)32(4,5)6)34-39(35,30-15-13-26(3)14-16-30)24-27-17-19-33(20-18-27)36-21-28-11-9-10-12-29(28)22-37-33/h9-17,25,31H,18-24H2,1-8H3/t31-,39?/m1/s1. The minimum atomic E-state index is -2.71. The van der Waals surface area contributed by atoms with Crippen molar-refractivity contribution in [3.05, 3.63) is 76.9 Å². The monoisotopic (exact) mass is 583 g/mol. The molecule has 4 rings (SSSR count). The summed E-state index contributed by atoms with van der Waals surface area (Å²) in [5.41, 5.74) is 4.70. The zero-order valence-corrected chi connectivity index (χ0v) is 27.6. The van der Waals surface area contributed by atoms with Gasteiger partial charge in [0.05, 0.1) is 41.3 Å². The maximum absolute atomic E-state index is 14.9. The number of ether oxygens (including phenoxy) is 2. The smallest absolute Gasteiger partial charge is 0.192 e. The third-order valence-electron chi connectivity index (χ3n) is 8.90. The molecule has 1 heterocycles. The number of fused-ring (bicyclic) bond motifs is 1. The molecule has 1 unspecified atom stereocenters. The molecule has 2 aromatic carbocycles. The normalized spacial score (nSPS) is 19.9. The van der Waals surface area contributed by atoms with Gasteiger partial charge in [0, 0.05) is 17.7 Å². The molecule has 1 aliphatic heterocycles. The molecule has 0 fully saturated rings. The van der Waals surface area contributed by atoms with Crippen molar-refractivity contribution in [2.24, 2.45) is 10.3 Å². The van der Waals surface area contributed by atoms with E-state index in [9.17, 15) is 4.21 Å². The van der Waals surface area contributed by atoms with Gasteiger partial charge in [-0.1, -0.05) is 88.2 Å². The van der Waals surface area contributed by atoms with Gasteiger partial charge in [-0.15, -0.1) is 0 Å². The van der Waals surface area contributed by atoms with Crippen LogP contribution in [0.4, 0.5) is 0 Å². The van der Waals surface area contributed by atoms with Crippen LogP contribution in [-0.4, -0.2) is 36.7 Å². The summed E-state index contributed by atoms with van der Waals surface area (Å²) < 4.78 is 39.3. The number of nitrogens with zero attached hydrogens (tertiary/aromatic N) is 1. The van der Waals surface area contributed by atoms with E-state index in [1.165, 1.54) is 16.7 Å². The van der Waals surface area contributed by atoms with Crippen LogP contribution in [0, 0.1) is 12.8 Å². The predicted octanol–water partition coefficient (Wildman–Crippen LogP) is 8.42. The largest absolute Gasteiger partial charge is 0.415 e. The van der Waals surface area contributed by atoms with Crippen LogP contribution in [0.25, 0.3) is 0 Å². The predicted molar refractivity (Wildman–Crippen MR) is 167 cm³/mol. The SMILES string of the molecule is Cc1ccc(S(=O)(CC2=CCC3(CC2)OCc2ccccc2CO3)=N[C@H](CO[Si](C)(C)C(C)(C)C)C(C)C)cc1. The van der Waals surface area contributed by atoms with Crippen LogP contribution >= 0.6 is 0 Å². The van der Waals surface area contributed by atoms with Crippen molar-refractivity contribution in [1.82, 2.24) is 0 Å². The van der Waals surface area contributed by atoms with Gasteiger partial charge in [0.2, 0.25) is 0 Å². The molecule has 40 heavy (non-hydrogen) atoms. The molecule has 2 atom stereocenters. The molecule has 0 amide bonds. The third kappa shape index (κ3) is 7.35. The molecule has 0 bridgehead atoms. The highest BCUT2D eigenvalue weighted by atomic mass is 32.2. The van der Waals surface area contributed by atoms with E-state index in [1.54, 1.807) is 0 Å². The highest BCUT2D eigenvalue weighted by Crippen LogP contribution is 2.39. The van der Waals surface area contributed by atoms with E-state index in [4.69, 9.17) is 18.3 Å². The zero-order chi connectivity index (χ0) is 29.2. The third-order valence-corrected chi connectivity index (χ3v) is 15.8. The molecule has 7 heteroatoms. The first kappa shape index (κ1) is 31.2. The van der Waals surface area contributed by atoms with Crippen molar-refractivity contribution in [1.29, 1.82) is 0 Å². The second-order valence-corrected chi connectivity index (χ2v) is 20.5. The Bertz CT molecular complexity index is 1290. The molecule has 0 saturated carbocycles. The Hall–Kier alpha value is -1.77. The van der Waals surface area contributed by atoms with Gasteiger partial charge in [-0.2, -0.15) is 0 Å². The summed E-state index contributed by atoms with van der Waals surface area (Å²) >= 11 is 0. The van der Waals surface area contributed by atoms with E-state index in [0.717, 1.165) is 23.3 Å². The highest BCUT2D eigenvalue weighted by Gasteiger charge is 2.39.